The fourth-order valence-electron chi connectivity index (χ4n) is 3.96. The van der Waals surface area contributed by atoms with Gasteiger partial charge in [0.1, 0.15) is 0 Å². The molecule has 3 nitrogen and oxygen atoms in total. The average molecular weight is 243 g/mol. The van der Waals surface area contributed by atoms with Crippen LogP contribution in [0.5, 0.6) is 0 Å². The van der Waals surface area contributed by atoms with E-state index in [0.717, 1.165) is 24.4 Å². The van der Waals surface area contributed by atoms with Crippen molar-refractivity contribution in [2.45, 2.75) is 32.4 Å². The van der Waals surface area contributed by atoms with Crippen LogP contribution in [-0.2, 0) is 13.1 Å². The van der Waals surface area contributed by atoms with Crippen LogP contribution in [0.15, 0.2) is 18.5 Å². The first-order valence-electron chi connectivity index (χ1n) is 7.21. The first-order valence-corrected chi connectivity index (χ1v) is 7.21. The molecule has 1 saturated heterocycles. The van der Waals surface area contributed by atoms with Crippen molar-refractivity contribution in [2.24, 2.45) is 11.3 Å². The molecule has 2 aliphatic heterocycles. The summed E-state index contributed by atoms with van der Waals surface area (Å²) in [5.41, 5.74) is 3.65. The fourth-order valence-corrected chi connectivity index (χ4v) is 3.96. The second-order valence-electron chi connectivity index (χ2n) is 6.33. The number of piperidine rings is 1. The largest absolute Gasteiger partial charge is 0.317 e. The Kier molecular flexibility index (Phi) is 2.45. The van der Waals surface area contributed by atoms with Gasteiger partial charge in [-0.15, -0.1) is 0 Å². The maximum Gasteiger partial charge on any atom is 0.0316 e. The minimum Gasteiger partial charge on any atom is -0.317 e. The van der Waals surface area contributed by atoms with E-state index < -0.39 is 0 Å². The van der Waals surface area contributed by atoms with Crippen LogP contribution in [0, 0.1) is 11.3 Å². The molecule has 0 amide bonds. The highest BCUT2D eigenvalue weighted by molar-refractivity contribution is 5.27. The van der Waals surface area contributed by atoms with E-state index in [1.807, 2.05) is 12.4 Å². The standard InChI is InChI=1S/C15H21N3/c1-4-17-8-13-10-18(9-12(1)13)11-14-7-15(14)2-5-16-6-3-15/h1,4,8,14,16H,2-3,5-7,9-11H2/t14-/m1/s1. The molecule has 2 fully saturated rings. The highest BCUT2D eigenvalue weighted by atomic mass is 15.1. The van der Waals surface area contributed by atoms with Crippen LogP contribution < -0.4 is 5.32 Å². The lowest BCUT2D eigenvalue weighted by molar-refractivity contribution is 0.233. The number of pyridine rings is 1. The minimum absolute atomic E-state index is 0.721. The van der Waals surface area contributed by atoms with Gasteiger partial charge in [-0.1, -0.05) is 0 Å². The summed E-state index contributed by atoms with van der Waals surface area (Å²) in [7, 11) is 0. The minimum atomic E-state index is 0.721. The van der Waals surface area contributed by atoms with Crippen molar-refractivity contribution in [3.8, 4) is 0 Å². The number of fused-ring (bicyclic) bond motifs is 1. The summed E-state index contributed by atoms with van der Waals surface area (Å²) in [5.74, 6) is 0.960. The molecule has 4 rings (SSSR count). The van der Waals surface area contributed by atoms with Crippen molar-refractivity contribution in [2.75, 3.05) is 19.6 Å². The Bertz CT molecular complexity index is 426. The van der Waals surface area contributed by atoms with Crippen LogP contribution in [0.3, 0.4) is 0 Å². The Morgan fingerprint density at radius 2 is 2.11 bits per heavy atom. The summed E-state index contributed by atoms with van der Waals surface area (Å²) in [4.78, 5) is 6.85. The van der Waals surface area contributed by atoms with E-state index in [-0.39, 0.29) is 0 Å². The van der Waals surface area contributed by atoms with Crippen LogP contribution >= 0.6 is 0 Å². The molecule has 1 aromatic rings. The van der Waals surface area contributed by atoms with Crippen LogP contribution in [0.2, 0.25) is 0 Å². The van der Waals surface area contributed by atoms with Crippen LogP contribution in [0.4, 0.5) is 0 Å². The van der Waals surface area contributed by atoms with Gasteiger partial charge < -0.3 is 5.32 Å². The lowest BCUT2D eigenvalue weighted by Gasteiger charge is -2.25. The first-order chi connectivity index (χ1) is 8.86. The third kappa shape index (κ3) is 1.77. The number of hydrogen-bond donors (Lipinski definition) is 1. The molecule has 0 aromatic carbocycles. The summed E-state index contributed by atoms with van der Waals surface area (Å²) in [6, 6.07) is 2.18. The molecule has 0 unspecified atom stereocenters. The molecule has 0 radical (unpaired) electrons. The predicted octanol–water partition coefficient (Wildman–Crippen LogP) is 1.79. The molecular weight excluding hydrogens is 222 g/mol. The van der Waals surface area contributed by atoms with Gasteiger partial charge in [0.05, 0.1) is 0 Å². The highest BCUT2D eigenvalue weighted by Crippen LogP contribution is 2.58. The lowest BCUT2D eigenvalue weighted by atomic mass is 9.92. The van der Waals surface area contributed by atoms with Gasteiger partial charge in [0.2, 0.25) is 0 Å². The first kappa shape index (κ1) is 10.9. The highest BCUT2D eigenvalue weighted by Gasteiger charge is 2.53. The molecule has 3 heterocycles. The predicted molar refractivity (Wildman–Crippen MR) is 71.0 cm³/mol. The molecular formula is C15H21N3. The summed E-state index contributed by atoms with van der Waals surface area (Å²) >= 11 is 0. The maximum absolute atomic E-state index is 4.23. The summed E-state index contributed by atoms with van der Waals surface area (Å²) in [6.45, 7) is 6.03. The van der Waals surface area contributed by atoms with Gasteiger partial charge >= 0.3 is 0 Å². The number of rotatable bonds is 2. The monoisotopic (exact) mass is 243 g/mol. The van der Waals surface area contributed by atoms with Crippen LogP contribution in [0.1, 0.15) is 30.4 Å². The van der Waals surface area contributed by atoms with Gasteiger partial charge in [0.15, 0.2) is 0 Å². The Morgan fingerprint density at radius 1 is 1.28 bits per heavy atom. The average Bonchev–Trinajstić information content (AvgIpc) is 2.88. The molecule has 1 spiro atoms. The van der Waals surface area contributed by atoms with Gasteiger partial charge in [0.25, 0.3) is 0 Å². The Labute approximate surface area is 109 Å². The van der Waals surface area contributed by atoms with Crippen molar-refractivity contribution in [3.63, 3.8) is 0 Å². The molecule has 3 aliphatic rings. The Morgan fingerprint density at radius 3 is 2.94 bits per heavy atom. The van der Waals surface area contributed by atoms with Gasteiger partial charge in [-0.25, -0.2) is 0 Å². The van der Waals surface area contributed by atoms with E-state index in [4.69, 9.17) is 0 Å². The van der Waals surface area contributed by atoms with E-state index in [2.05, 4.69) is 21.3 Å². The Balaban J connectivity index is 1.38. The number of nitrogens with zero attached hydrogens (tertiary/aromatic N) is 2. The quantitative estimate of drug-likeness (QED) is 0.858. The third-order valence-corrected chi connectivity index (χ3v) is 5.23. The van der Waals surface area contributed by atoms with E-state index in [1.54, 1.807) is 0 Å². The van der Waals surface area contributed by atoms with E-state index in [9.17, 15) is 0 Å². The molecule has 3 heteroatoms. The van der Waals surface area contributed by atoms with E-state index in [1.165, 1.54) is 50.0 Å². The third-order valence-electron chi connectivity index (χ3n) is 5.23. The van der Waals surface area contributed by atoms with E-state index >= 15 is 0 Å². The van der Waals surface area contributed by atoms with Gasteiger partial charge in [-0.05, 0) is 60.9 Å². The topological polar surface area (TPSA) is 28.2 Å². The molecule has 1 aliphatic carbocycles. The van der Waals surface area contributed by atoms with Crippen molar-refractivity contribution >= 4 is 0 Å². The number of hydrogen-bond acceptors (Lipinski definition) is 3. The van der Waals surface area contributed by atoms with Crippen molar-refractivity contribution in [1.82, 2.24) is 15.2 Å². The van der Waals surface area contributed by atoms with Crippen LogP contribution in [-0.4, -0.2) is 29.5 Å². The van der Waals surface area contributed by atoms with Crippen LogP contribution in [0.25, 0.3) is 0 Å². The van der Waals surface area contributed by atoms with Gasteiger partial charge in [-0.3, -0.25) is 9.88 Å². The molecule has 0 bridgehead atoms. The molecule has 18 heavy (non-hydrogen) atoms. The number of aromatic nitrogens is 1. The van der Waals surface area contributed by atoms with Crippen molar-refractivity contribution in [1.29, 1.82) is 0 Å². The van der Waals surface area contributed by atoms with E-state index in [0.29, 0.717) is 0 Å². The normalized spacial score (nSPS) is 29.4. The zero-order valence-corrected chi connectivity index (χ0v) is 10.9. The smallest absolute Gasteiger partial charge is 0.0316 e. The zero-order chi connectivity index (χ0) is 12.0. The van der Waals surface area contributed by atoms with Gasteiger partial charge in [0, 0.05) is 32.0 Å². The SMILES string of the molecule is c1cc2c(cn1)CN(C[C@H]1CC13CCNCC3)C2. The molecule has 1 aromatic heterocycles. The number of nitrogens with one attached hydrogen (secondary N) is 1. The molecule has 1 saturated carbocycles. The summed E-state index contributed by atoms with van der Waals surface area (Å²) in [5, 5.41) is 3.49. The molecule has 1 atom stereocenters. The summed E-state index contributed by atoms with van der Waals surface area (Å²) in [6.07, 6.45) is 8.25. The lowest BCUT2D eigenvalue weighted by Crippen LogP contribution is -2.31. The molecule has 96 valence electrons. The van der Waals surface area contributed by atoms with Crippen molar-refractivity contribution in [3.05, 3.63) is 29.6 Å². The summed E-state index contributed by atoms with van der Waals surface area (Å²) < 4.78 is 0. The second kappa shape index (κ2) is 4.04. The maximum atomic E-state index is 4.23. The zero-order valence-electron chi connectivity index (χ0n) is 10.9. The Hall–Kier alpha value is -0.930. The fraction of sp³-hybridized carbons (Fsp3) is 0.667. The van der Waals surface area contributed by atoms with Crippen molar-refractivity contribution < 1.29 is 0 Å². The molecule has 1 N–H and O–H groups in total. The second-order valence-corrected chi connectivity index (χ2v) is 6.33. The van der Waals surface area contributed by atoms with Gasteiger partial charge in [-0.2, -0.15) is 0 Å².